The number of ether oxygens (including phenoxy) is 1. The molecule has 2 atom stereocenters. The molecule has 2 unspecified atom stereocenters. The molecule has 0 N–H and O–H groups in total. The second-order valence-electron chi connectivity index (χ2n) is 6.43. The van der Waals surface area contributed by atoms with Crippen molar-refractivity contribution in [2.75, 3.05) is 19.7 Å². The van der Waals surface area contributed by atoms with Gasteiger partial charge in [0.2, 0.25) is 0 Å². The molecule has 0 spiro atoms. The first-order valence-electron chi connectivity index (χ1n) is 8.10. The smallest absolute Gasteiger partial charge is 0.251 e. The fourth-order valence-corrected chi connectivity index (χ4v) is 3.44. The molecule has 1 amide bonds. The Bertz CT molecular complexity index is 491. The predicted octanol–water partition coefficient (Wildman–Crippen LogP) is 2.35. The third kappa shape index (κ3) is 2.98. The van der Waals surface area contributed by atoms with Gasteiger partial charge in [-0.15, -0.1) is 0 Å². The minimum atomic E-state index is -0.198. The molecule has 2 fully saturated rings. The van der Waals surface area contributed by atoms with Crippen LogP contribution in [0.1, 0.15) is 57.3 Å². The second-order valence-corrected chi connectivity index (χ2v) is 6.43. The minimum absolute atomic E-state index is 0.184. The van der Waals surface area contributed by atoms with Crippen LogP contribution in [0.5, 0.6) is 0 Å². The maximum Gasteiger partial charge on any atom is 0.251 e. The van der Waals surface area contributed by atoms with Crippen molar-refractivity contribution in [2.45, 2.75) is 57.6 Å². The van der Waals surface area contributed by atoms with Crippen molar-refractivity contribution in [2.24, 2.45) is 0 Å². The van der Waals surface area contributed by atoms with E-state index in [0.29, 0.717) is 12.0 Å². The molecule has 1 aromatic heterocycles. The van der Waals surface area contributed by atoms with Crippen LogP contribution in [-0.2, 0) is 9.53 Å². The summed E-state index contributed by atoms with van der Waals surface area (Å²) in [6.45, 7) is 6.70. The largest absolute Gasteiger partial charge is 0.368 e. The molecule has 3 rings (SSSR count). The molecule has 2 aliphatic rings. The number of hydrogen-bond acceptors (Lipinski definition) is 3. The molecule has 0 bridgehead atoms. The summed E-state index contributed by atoms with van der Waals surface area (Å²) in [7, 11) is 0. The summed E-state index contributed by atoms with van der Waals surface area (Å²) in [6, 6.07) is 0.351. The number of imidazole rings is 1. The molecule has 2 saturated heterocycles. The maximum absolute atomic E-state index is 12.5. The third-order valence-corrected chi connectivity index (χ3v) is 4.52. The van der Waals surface area contributed by atoms with E-state index in [9.17, 15) is 4.79 Å². The van der Waals surface area contributed by atoms with Crippen molar-refractivity contribution in [3.63, 3.8) is 0 Å². The maximum atomic E-state index is 12.5. The second kappa shape index (κ2) is 6.18. The first kappa shape index (κ1) is 14.6. The van der Waals surface area contributed by atoms with Gasteiger partial charge in [0.1, 0.15) is 11.9 Å². The van der Waals surface area contributed by atoms with Crippen molar-refractivity contribution in [1.29, 1.82) is 0 Å². The molecule has 0 aromatic carbocycles. The third-order valence-electron chi connectivity index (χ3n) is 4.52. The molecule has 1 aromatic rings. The molecule has 0 aliphatic carbocycles. The Kier molecular flexibility index (Phi) is 4.29. The standard InChI is InChI=1S/C16H25N3O2/c1-12(2)15-17-7-9-19(15)13-5-3-8-18(11-13)16(20)14-6-4-10-21-14/h7,9,12-14H,3-6,8,10-11H2,1-2H3. The number of amides is 1. The van der Waals surface area contributed by atoms with Crippen molar-refractivity contribution in [3.05, 3.63) is 18.2 Å². The topological polar surface area (TPSA) is 47.4 Å². The molecular weight excluding hydrogens is 266 g/mol. The highest BCUT2D eigenvalue weighted by Gasteiger charge is 2.32. The Morgan fingerprint density at radius 3 is 2.95 bits per heavy atom. The van der Waals surface area contributed by atoms with Gasteiger partial charge < -0.3 is 14.2 Å². The number of carbonyl (C=O) groups excluding carboxylic acids is 1. The summed E-state index contributed by atoms with van der Waals surface area (Å²) in [5.41, 5.74) is 0. The Hall–Kier alpha value is -1.36. The average molecular weight is 291 g/mol. The Balaban J connectivity index is 1.70. The number of likely N-dealkylation sites (tertiary alicyclic amines) is 1. The van der Waals surface area contributed by atoms with Crippen LogP contribution in [0.15, 0.2) is 12.4 Å². The van der Waals surface area contributed by atoms with Crippen LogP contribution in [0.25, 0.3) is 0 Å². The lowest BCUT2D eigenvalue weighted by Crippen LogP contribution is -2.45. The molecule has 5 nitrogen and oxygen atoms in total. The van der Waals surface area contributed by atoms with E-state index in [2.05, 4.69) is 29.6 Å². The SMILES string of the molecule is CC(C)c1nccn1C1CCCN(C(=O)C2CCCO2)C1. The molecule has 0 radical (unpaired) electrons. The molecular formula is C16H25N3O2. The molecule has 5 heteroatoms. The van der Waals surface area contributed by atoms with E-state index in [1.165, 1.54) is 0 Å². The van der Waals surface area contributed by atoms with Gasteiger partial charge in [0.15, 0.2) is 0 Å². The normalized spacial score (nSPS) is 26.5. The van der Waals surface area contributed by atoms with E-state index >= 15 is 0 Å². The first-order chi connectivity index (χ1) is 10.2. The fraction of sp³-hybridized carbons (Fsp3) is 0.750. The van der Waals surface area contributed by atoms with Crippen LogP contribution in [0.4, 0.5) is 0 Å². The van der Waals surface area contributed by atoms with Gasteiger partial charge in [0.05, 0.1) is 6.04 Å². The number of aromatic nitrogens is 2. The van der Waals surface area contributed by atoms with E-state index in [4.69, 9.17) is 4.74 Å². The highest BCUT2D eigenvalue weighted by Crippen LogP contribution is 2.27. The number of piperidine rings is 1. The first-order valence-corrected chi connectivity index (χ1v) is 8.10. The van der Waals surface area contributed by atoms with Crippen molar-refractivity contribution in [1.82, 2.24) is 14.5 Å². The summed E-state index contributed by atoms with van der Waals surface area (Å²) in [5, 5.41) is 0. The molecule has 116 valence electrons. The number of hydrogen-bond donors (Lipinski definition) is 0. The Labute approximate surface area is 126 Å². The summed E-state index contributed by atoms with van der Waals surface area (Å²) in [4.78, 5) is 19.0. The molecule has 0 saturated carbocycles. The van der Waals surface area contributed by atoms with Gasteiger partial charge in [-0.1, -0.05) is 13.8 Å². The summed E-state index contributed by atoms with van der Waals surface area (Å²) < 4.78 is 7.81. The zero-order valence-corrected chi connectivity index (χ0v) is 13.0. The predicted molar refractivity (Wildman–Crippen MR) is 80.1 cm³/mol. The number of nitrogens with zero attached hydrogens (tertiary/aromatic N) is 3. The average Bonchev–Trinajstić information content (AvgIpc) is 3.17. The van der Waals surface area contributed by atoms with Gasteiger partial charge in [-0.05, 0) is 25.7 Å². The van der Waals surface area contributed by atoms with Gasteiger partial charge in [-0.25, -0.2) is 4.98 Å². The van der Waals surface area contributed by atoms with Crippen molar-refractivity contribution < 1.29 is 9.53 Å². The highest BCUT2D eigenvalue weighted by atomic mass is 16.5. The summed E-state index contributed by atoms with van der Waals surface area (Å²) in [5.74, 6) is 1.71. The fourth-order valence-electron chi connectivity index (χ4n) is 3.44. The summed E-state index contributed by atoms with van der Waals surface area (Å²) >= 11 is 0. The Morgan fingerprint density at radius 1 is 1.38 bits per heavy atom. The molecule has 21 heavy (non-hydrogen) atoms. The van der Waals surface area contributed by atoms with Gasteiger partial charge in [-0.3, -0.25) is 4.79 Å². The van der Waals surface area contributed by atoms with Crippen LogP contribution in [-0.4, -0.2) is 46.2 Å². The van der Waals surface area contributed by atoms with E-state index in [1.807, 2.05) is 11.1 Å². The minimum Gasteiger partial charge on any atom is -0.368 e. The lowest BCUT2D eigenvalue weighted by molar-refractivity contribution is -0.142. The van der Waals surface area contributed by atoms with Gasteiger partial charge in [0.25, 0.3) is 5.91 Å². The zero-order chi connectivity index (χ0) is 14.8. The lowest BCUT2D eigenvalue weighted by atomic mass is 10.0. The van der Waals surface area contributed by atoms with E-state index in [1.54, 1.807) is 0 Å². The van der Waals surface area contributed by atoms with Crippen LogP contribution >= 0.6 is 0 Å². The van der Waals surface area contributed by atoms with Gasteiger partial charge >= 0.3 is 0 Å². The summed E-state index contributed by atoms with van der Waals surface area (Å²) in [6.07, 6.45) is 7.78. The highest BCUT2D eigenvalue weighted by molar-refractivity contribution is 5.81. The van der Waals surface area contributed by atoms with Crippen molar-refractivity contribution >= 4 is 5.91 Å². The van der Waals surface area contributed by atoms with Crippen LogP contribution in [0.3, 0.4) is 0 Å². The molecule has 2 aliphatic heterocycles. The monoisotopic (exact) mass is 291 g/mol. The van der Waals surface area contributed by atoms with E-state index in [0.717, 1.165) is 51.2 Å². The van der Waals surface area contributed by atoms with Gasteiger partial charge in [-0.2, -0.15) is 0 Å². The number of carbonyl (C=O) groups is 1. The van der Waals surface area contributed by atoms with Crippen LogP contribution < -0.4 is 0 Å². The zero-order valence-electron chi connectivity index (χ0n) is 13.0. The van der Waals surface area contributed by atoms with E-state index < -0.39 is 0 Å². The molecule has 3 heterocycles. The van der Waals surface area contributed by atoms with Crippen molar-refractivity contribution in [3.8, 4) is 0 Å². The van der Waals surface area contributed by atoms with Crippen LogP contribution in [0.2, 0.25) is 0 Å². The lowest BCUT2D eigenvalue weighted by Gasteiger charge is -2.35. The van der Waals surface area contributed by atoms with Crippen LogP contribution in [0, 0.1) is 0 Å². The van der Waals surface area contributed by atoms with Gasteiger partial charge in [0, 0.05) is 38.0 Å². The quantitative estimate of drug-likeness (QED) is 0.859. The number of rotatable bonds is 3. The Morgan fingerprint density at radius 2 is 2.24 bits per heavy atom. The van der Waals surface area contributed by atoms with E-state index in [-0.39, 0.29) is 12.0 Å².